The summed E-state index contributed by atoms with van der Waals surface area (Å²) in [6.45, 7) is 0. The molecule has 2 aromatic rings. The first-order valence-electron chi connectivity index (χ1n) is 6.98. The monoisotopic (exact) mass is 348 g/mol. The van der Waals surface area contributed by atoms with Gasteiger partial charge in [0.15, 0.2) is 0 Å². The van der Waals surface area contributed by atoms with Crippen LogP contribution in [0.5, 0.6) is 0 Å². The van der Waals surface area contributed by atoms with Crippen LogP contribution in [0.2, 0.25) is 0 Å². The second-order valence-electron chi connectivity index (χ2n) is 5.42. The lowest BCUT2D eigenvalue weighted by molar-refractivity contribution is 0.104. The van der Waals surface area contributed by atoms with E-state index >= 15 is 0 Å². The van der Waals surface area contributed by atoms with E-state index in [9.17, 15) is 4.79 Å². The van der Waals surface area contributed by atoms with E-state index in [1.165, 1.54) is 0 Å². The highest BCUT2D eigenvalue weighted by Gasteiger charge is 2.31. The minimum Gasteiger partial charge on any atom is -0.311 e. The Morgan fingerprint density at radius 1 is 1.00 bits per heavy atom. The molecule has 0 bridgehead atoms. The van der Waals surface area contributed by atoms with Crippen molar-refractivity contribution in [1.29, 1.82) is 0 Å². The molecule has 0 saturated heterocycles. The molecule has 0 unspecified atom stereocenters. The number of hydrogen-bond acceptors (Lipinski definition) is 2. The van der Waals surface area contributed by atoms with Gasteiger partial charge >= 0.3 is 0 Å². The molecular formula is C18H9BrN2O. The maximum atomic E-state index is 12.8. The second kappa shape index (κ2) is 4.05. The molecule has 3 heterocycles. The standard InChI is InChI=1S/C18H9BrN2O/c19-10-5-6-11-12-7-8-21-15-4-2-1-3-13(15)18(22)17(21)16(12)20-14(11)9-10/h1-9H. The molecule has 0 fully saturated rings. The fraction of sp³-hybridized carbons (Fsp3) is 0. The Kier molecular flexibility index (Phi) is 2.23. The van der Waals surface area contributed by atoms with Crippen molar-refractivity contribution in [2.75, 3.05) is 0 Å². The van der Waals surface area contributed by atoms with E-state index in [1.54, 1.807) is 0 Å². The fourth-order valence-electron chi connectivity index (χ4n) is 3.24. The van der Waals surface area contributed by atoms with E-state index in [-0.39, 0.29) is 5.78 Å². The Hall–Kier alpha value is -2.46. The third-order valence-electron chi connectivity index (χ3n) is 4.22. The molecule has 0 saturated carbocycles. The maximum Gasteiger partial charge on any atom is 0.214 e. The van der Waals surface area contributed by atoms with Gasteiger partial charge in [-0.05, 0) is 30.3 Å². The maximum absolute atomic E-state index is 12.8. The molecule has 0 atom stereocenters. The molecular weight excluding hydrogens is 340 g/mol. The molecule has 0 amide bonds. The van der Waals surface area contributed by atoms with Gasteiger partial charge in [-0.3, -0.25) is 4.79 Å². The molecule has 3 nitrogen and oxygen atoms in total. The fourth-order valence-corrected chi connectivity index (χ4v) is 3.59. The average molecular weight is 349 g/mol. The minimum absolute atomic E-state index is 0.0445. The van der Waals surface area contributed by atoms with Crippen LogP contribution < -0.4 is 0 Å². The lowest BCUT2D eigenvalue weighted by atomic mass is 10.0. The molecule has 0 N–H and O–H groups in total. The van der Waals surface area contributed by atoms with Crippen LogP contribution in [0.15, 0.2) is 59.2 Å². The number of hydrogen-bond donors (Lipinski definition) is 0. The van der Waals surface area contributed by atoms with Crippen LogP contribution in [0.1, 0.15) is 16.1 Å². The number of rotatable bonds is 0. The van der Waals surface area contributed by atoms with Crippen LogP contribution in [0.4, 0.5) is 0 Å². The number of aromatic nitrogens is 2. The van der Waals surface area contributed by atoms with E-state index in [4.69, 9.17) is 4.98 Å². The summed E-state index contributed by atoms with van der Waals surface area (Å²) in [5, 5.41) is 1.07. The third kappa shape index (κ3) is 1.40. The molecule has 104 valence electrons. The Balaban J connectivity index is 1.92. The predicted molar refractivity (Wildman–Crippen MR) is 88.8 cm³/mol. The number of ketones is 1. The van der Waals surface area contributed by atoms with E-state index in [0.29, 0.717) is 5.69 Å². The number of carbonyl (C=O) groups is 1. The SMILES string of the molecule is O=C1c2ccccc2-n2ccc3c4ccc(Br)cc4nc-3c21. The Bertz CT molecular complexity index is 1060. The van der Waals surface area contributed by atoms with Crippen molar-refractivity contribution in [3.8, 4) is 16.9 Å². The van der Waals surface area contributed by atoms with E-state index in [0.717, 1.165) is 37.9 Å². The van der Waals surface area contributed by atoms with Crippen LogP contribution in [0.25, 0.3) is 27.8 Å². The molecule has 3 aliphatic rings. The van der Waals surface area contributed by atoms with Crippen molar-refractivity contribution in [3.63, 3.8) is 0 Å². The highest BCUT2D eigenvalue weighted by Crippen LogP contribution is 2.39. The van der Waals surface area contributed by atoms with Gasteiger partial charge in [0.25, 0.3) is 0 Å². The van der Waals surface area contributed by atoms with Crippen LogP contribution >= 0.6 is 15.9 Å². The summed E-state index contributed by atoms with van der Waals surface area (Å²) in [5.41, 5.74) is 5.03. The number of halogens is 1. The van der Waals surface area contributed by atoms with Gasteiger partial charge in [0, 0.05) is 27.2 Å². The van der Waals surface area contributed by atoms with Gasteiger partial charge in [-0.15, -0.1) is 0 Å². The number of pyridine rings is 1. The molecule has 3 aliphatic heterocycles. The van der Waals surface area contributed by atoms with Gasteiger partial charge in [0.2, 0.25) is 5.78 Å². The molecule has 0 aliphatic carbocycles. The zero-order valence-electron chi connectivity index (χ0n) is 11.4. The summed E-state index contributed by atoms with van der Waals surface area (Å²) >= 11 is 3.48. The van der Waals surface area contributed by atoms with E-state index in [2.05, 4.69) is 15.9 Å². The molecule has 22 heavy (non-hydrogen) atoms. The van der Waals surface area contributed by atoms with Crippen molar-refractivity contribution in [2.24, 2.45) is 0 Å². The highest BCUT2D eigenvalue weighted by atomic mass is 79.9. The lowest BCUT2D eigenvalue weighted by Crippen LogP contribution is -2.03. The minimum atomic E-state index is 0.0445. The molecule has 4 heteroatoms. The third-order valence-corrected chi connectivity index (χ3v) is 4.71. The Morgan fingerprint density at radius 2 is 1.86 bits per heavy atom. The summed E-state index contributed by atoms with van der Waals surface area (Å²) in [6.07, 6.45) is 1.96. The highest BCUT2D eigenvalue weighted by molar-refractivity contribution is 9.10. The Labute approximate surface area is 134 Å². The molecule has 5 rings (SSSR count). The molecule has 0 aromatic heterocycles. The summed E-state index contributed by atoms with van der Waals surface area (Å²) in [6, 6.07) is 15.7. The van der Waals surface area contributed by atoms with Crippen molar-refractivity contribution in [2.45, 2.75) is 0 Å². The molecule has 0 radical (unpaired) electrons. The van der Waals surface area contributed by atoms with Gasteiger partial charge in [-0.1, -0.05) is 34.1 Å². The second-order valence-corrected chi connectivity index (χ2v) is 6.33. The first kappa shape index (κ1) is 12.1. The van der Waals surface area contributed by atoms with Crippen molar-refractivity contribution in [3.05, 3.63) is 70.5 Å². The first-order chi connectivity index (χ1) is 10.7. The number of nitrogens with zero attached hydrogens (tertiary/aromatic N) is 2. The van der Waals surface area contributed by atoms with Crippen LogP contribution in [0.3, 0.4) is 0 Å². The van der Waals surface area contributed by atoms with Crippen LogP contribution in [0, 0.1) is 0 Å². The largest absolute Gasteiger partial charge is 0.311 e. The number of para-hydroxylation sites is 1. The van der Waals surface area contributed by atoms with Crippen molar-refractivity contribution in [1.82, 2.24) is 9.55 Å². The molecule has 0 spiro atoms. The number of carbonyl (C=O) groups excluding carboxylic acids is 1. The number of fused-ring (bicyclic) bond motifs is 7. The van der Waals surface area contributed by atoms with Gasteiger partial charge < -0.3 is 4.57 Å². The summed E-state index contributed by atoms with van der Waals surface area (Å²) in [7, 11) is 0. The number of benzene rings is 2. The zero-order chi connectivity index (χ0) is 14.8. The normalized spacial score (nSPS) is 12.9. The smallest absolute Gasteiger partial charge is 0.214 e. The average Bonchev–Trinajstić information content (AvgIpc) is 3.03. The zero-order valence-corrected chi connectivity index (χ0v) is 13.0. The topological polar surface area (TPSA) is 34.9 Å². The summed E-state index contributed by atoms with van der Waals surface area (Å²) < 4.78 is 2.93. The van der Waals surface area contributed by atoms with E-state index < -0.39 is 0 Å². The van der Waals surface area contributed by atoms with Gasteiger partial charge in [-0.2, -0.15) is 0 Å². The van der Waals surface area contributed by atoms with Gasteiger partial charge in [-0.25, -0.2) is 4.98 Å². The van der Waals surface area contributed by atoms with Crippen LogP contribution in [-0.2, 0) is 0 Å². The lowest BCUT2D eigenvalue weighted by Gasteiger charge is -2.08. The van der Waals surface area contributed by atoms with Crippen molar-refractivity contribution >= 4 is 32.6 Å². The van der Waals surface area contributed by atoms with Gasteiger partial charge in [0.05, 0.1) is 16.9 Å². The first-order valence-corrected chi connectivity index (χ1v) is 7.78. The predicted octanol–water partition coefficient (Wildman–Crippen LogP) is 4.44. The van der Waals surface area contributed by atoms with E-state index in [1.807, 2.05) is 59.3 Å². The van der Waals surface area contributed by atoms with Gasteiger partial charge in [0.1, 0.15) is 5.69 Å². The Morgan fingerprint density at radius 3 is 2.77 bits per heavy atom. The quantitative estimate of drug-likeness (QED) is 0.414. The summed E-state index contributed by atoms with van der Waals surface area (Å²) in [4.78, 5) is 17.5. The van der Waals surface area contributed by atoms with Crippen LogP contribution in [-0.4, -0.2) is 15.3 Å². The summed E-state index contributed by atoms with van der Waals surface area (Å²) in [5.74, 6) is 0.0445. The molecule has 2 aromatic carbocycles. The van der Waals surface area contributed by atoms with Crippen molar-refractivity contribution < 1.29 is 4.79 Å².